The summed E-state index contributed by atoms with van der Waals surface area (Å²) in [6, 6.07) is 150. The molecule has 636 valence electrons. The summed E-state index contributed by atoms with van der Waals surface area (Å²) in [7, 11) is 0. The highest BCUT2D eigenvalue weighted by Crippen LogP contribution is 2.47. The van der Waals surface area contributed by atoms with E-state index in [1.807, 2.05) is 83.3 Å². The molecule has 2 unspecified atom stereocenters. The maximum Gasteiger partial charge on any atom is 0.227 e. The van der Waals surface area contributed by atoms with Gasteiger partial charge in [-0.3, -0.25) is 0 Å². The van der Waals surface area contributed by atoms with Gasteiger partial charge in [-0.15, -0.1) is 43.1 Å². The maximum absolute atomic E-state index is 6.55. The molecule has 0 bridgehead atoms. The third-order valence-corrected chi connectivity index (χ3v) is 27.9. The number of benzene rings is 18. The van der Waals surface area contributed by atoms with Crippen molar-refractivity contribution in [2.45, 2.75) is 19.5 Å². The lowest BCUT2D eigenvalue weighted by Crippen LogP contribution is -2.35. The molecule has 1 aliphatic rings. The average Bonchev–Trinajstić information content (AvgIpc) is 1.61. The molecule has 0 N–H and O–H groups in total. The van der Waals surface area contributed by atoms with E-state index in [9.17, 15) is 0 Å². The second kappa shape index (κ2) is 33.4. The molecule has 1 aliphatic carbocycles. The Morgan fingerprint density at radius 2 is 0.687 bits per heavy atom. The zero-order chi connectivity index (χ0) is 88.7. The van der Waals surface area contributed by atoms with Gasteiger partial charge in [0.1, 0.15) is 33.1 Å². The number of para-hydroxylation sites is 4. The second-order valence-corrected chi connectivity index (χ2v) is 36.2. The molecule has 0 saturated carbocycles. The number of hydrogen-bond acceptors (Lipinski definition) is 14. The Hall–Kier alpha value is -17.2. The molecule has 25 rings (SSSR count). The Morgan fingerprint density at radius 3 is 1.31 bits per heavy atom. The van der Waals surface area contributed by atoms with Crippen molar-refractivity contribution in [2.75, 3.05) is 19.6 Å². The van der Waals surface area contributed by atoms with Crippen LogP contribution in [0.4, 0.5) is 56.9 Å². The van der Waals surface area contributed by atoms with Crippen LogP contribution in [0.5, 0.6) is 0 Å². The van der Waals surface area contributed by atoms with E-state index in [1.54, 1.807) is 9.59 Å². The summed E-state index contributed by atoms with van der Waals surface area (Å²) in [6.07, 6.45) is 7.05. The molecule has 14 nitrogen and oxygen atoms in total. The van der Waals surface area contributed by atoms with Crippen molar-refractivity contribution in [2.24, 2.45) is 5.92 Å². The number of allylic oxidation sites excluding steroid dienone is 2. The summed E-state index contributed by atoms with van der Waals surface area (Å²) in [5.74, 6) is 1.34. The molecular formula is C118H80N12O2S2. The Morgan fingerprint density at radius 1 is 0.284 bits per heavy atom. The number of nitrogens with zero attached hydrogens (tertiary/aromatic N) is 12. The lowest BCUT2D eigenvalue weighted by atomic mass is 9.87. The lowest BCUT2D eigenvalue weighted by Gasteiger charge is -2.37. The van der Waals surface area contributed by atoms with Crippen molar-refractivity contribution in [1.82, 2.24) is 40.0 Å². The standard InChI is InChI=1S/C118H80N12O2S2/c1-76-67-85(50-63-110(76)128(89-23-6-3-7-24-89)93-58-47-81(48-59-93)117-119-107-33-12-13-34-111(107)131-117)84-20-16-19-83(68-84)80-43-54-90(55-44-80)126(88-21-4-2-5-22-88)91-56-45-82(46-57-91)118-120-109-70-87(51-64-112(109)132-118)86-49-62-106-108(69-86)124-130(123-106)98-27-17-25-94(71-98)125(95-60-65-115-102(73-95)100-29-8-14-35-113(100)133-115)75-77-37-39-78(40-38-77)79-41-52-92(53-42-79)127(97-61-66-116-103(74-97)101-30-9-15-36-114(101)134-116)96-26-18-28-99(72-96)129-121-104-31-10-11-32-105(104)122-129/h2-74,76,110H,75H2,1H3. The van der Waals surface area contributed by atoms with Gasteiger partial charge in [0.05, 0.1) is 17.4 Å². The van der Waals surface area contributed by atoms with Crippen molar-refractivity contribution in [3.8, 4) is 67.7 Å². The molecular weight excluding hydrogens is 1680 g/mol. The van der Waals surface area contributed by atoms with Gasteiger partial charge in [0.2, 0.25) is 11.8 Å². The fourth-order valence-corrected chi connectivity index (χ4v) is 21.1. The van der Waals surface area contributed by atoms with Crippen LogP contribution in [0.15, 0.2) is 452 Å². The van der Waals surface area contributed by atoms with Gasteiger partial charge in [0, 0.05) is 115 Å². The van der Waals surface area contributed by atoms with Gasteiger partial charge in [-0.25, -0.2) is 9.97 Å². The second-order valence-electron chi connectivity index (χ2n) is 34.1. The summed E-state index contributed by atoms with van der Waals surface area (Å²) in [5.41, 5.74) is 30.3. The van der Waals surface area contributed by atoms with Crippen LogP contribution in [0.25, 0.3) is 158 Å². The largest absolute Gasteiger partial charge is 0.436 e. The topological polar surface area (TPSA) is 126 Å². The summed E-state index contributed by atoms with van der Waals surface area (Å²) >= 11 is 3.65. The van der Waals surface area contributed by atoms with Crippen LogP contribution in [-0.4, -0.2) is 46.0 Å². The third-order valence-electron chi connectivity index (χ3n) is 25.6. The van der Waals surface area contributed by atoms with Gasteiger partial charge >= 0.3 is 0 Å². The number of anilines is 10. The van der Waals surface area contributed by atoms with Gasteiger partial charge in [-0.2, -0.15) is 9.59 Å². The molecule has 24 aromatic rings. The highest BCUT2D eigenvalue weighted by Gasteiger charge is 2.29. The summed E-state index contributed by atoms with van der Waals surface area (Å²) < 4.78 is 17.7. The van der Waals surface area contributed by atoms with Gasteiger partial charge in [0.15, 0.2) is 11.2 Å². The van der Waals surface area contributed by atoms with Crippen LogP contribution >= 0.6 is 22.7 Å². The van der Waals surface area contributed by atoms with E-state index >= 15 is 0 Å². The highest BCUT2D eigenvalue weighted by molar-refractivity contribution is 7.26. The van der Waals surface area contributed by atoms with Gasteiger partial charge in [-0.1, -0.05) is 213 Å². The number of rotatable bonds is 21. The molecule has 0 aliphatic heterocycles. The normalized spacial score (nSPS) is 13.3. The fraction of sp³-hybridized carbons (Fsp3) is 0.0339. The maximum atomic E-state index is 6.55. The van der Waals surface area contributed by atoms with E-state index in [4.69, 9.17) is 39.2 Å². The monoisotopic (exact) mass is 1760 g/mol. The minimum atomic E-state index is 0.0681. The smallest absolute Gasteiger partial charge is 0.227 e. The first-order valence-corrected chi connectivity index (χ1v) is 46.6. The molecule has 134 heavy (non-hydrogen) atoms. The van der Waals surface area contributed by atoms with Crippen LogP contribution in [0.2, 0.25) is 0 Å². The number of oxazole rings is 2. The quantitative estimate of drug-likeness (QED) is 0.0680. The molecule has 6 heterocycles. The van der Waals surface area contributed by atoms with E-state index < -0.39 is 0 Å². The number of aromatic nitrogens is 8. The molecule has 16 heteroatoms. The summed E-state index contributed by atoms with van der Waals surface area (Å²) in [5, 5.41) is 25.0. The Labute approximate surface area is 779 Å². The van der Waals surface area contributed by atoms with Crippen molar-refractivity contribution < 1.29 is 8.83 Å². The number of fused-ring (bicyclic) bond motifs is 10. The van der Waals surface area contributed by atoms with Crippen LogP contribution in [-0.2, 0) is 6.54 Å². The van der Waals surface area contributed by atoms with Crippen molar-refractivity contribution >= 4 is 170 Å². The zero-order valence-electron chi connectivity index (χ0n) is 72.5. The average molecular weight is 1760 g/mol. The first-order chi connectivity index (χ1) is 66.2. The number of hydrogen-bond donors (Lipinski definition) is 0. The van der Waals surface area contributed by atoms with Crippen LogP contribution in [0, 0.1) is 5.92 Å². The SMILES string of the molecule is CC1C=C(c2cccc(-c3ccc(N(c4ccccc4)c4ccc(-c5nc6cc(-c7ccc8nn(-c9cccc(N(Cc%10ccc(-c%11ccc(N(c%12cccc(-n%13nc%14ccccc%14n%13)c%12)c%12ccc%13sc%14ccccc%14c%13c%12)cc%11)cc%10)c%10ccc%11sc%12ccccc%12c%11c%10)c9)nc8c7)ccc6o5)cc4)cc3)c2)C=CC1N(c1ccccc1)c1ccc(-c2nc3ccccc3o2)cc1. The molecule has 0 saturated heterocycles. The molecule has 2 atom stereocenters. The fourth-order valence-electron chi connectivity index (χ4n) is 18.9. The van der Waals surface area contributed by atoms with E-state index in [1.165, 1.54) is 51.5 Å². The summed E-state index contributed by atoms with van der Waals surface area (Å²) in [6.45, 7) is 2.91. The first kappa shape index (κ1) is 79.0. The Kier molecular flexibility index (Phi) is 19.7. The molecule has 6 aromatic heterocycles. The van der Waals surface area contributed by atoms with Crippen LogP contribution < -0.4 is 19.6 Å². The van der Waals surface area contributed by atoms with Gasteiger partial charge in [0.25, 0.3) is 0 Å². The molecule has 0 fully saturated rings. The Bertz CT molecular complexity index is 8590. The zero-order valence-corrected chi connectivity index (χ0v) is 74.1. The van der Waals surface area contributed by atoms with E-state index in [-0.39, 0.29) is 12.0 Å². The Balaban J connectivity index is 0.456. The summed E-state index contributed by atoms with van der Waals surface area (Å²) in [4.78, 5) is 22.8. The molecule has 0 spiro atoms. The van der Waals surface area contributed by atoms with E-state index in [0.29, 0.717) is 23.9 Å². The van der Waals surface area contributed by atoms with Gasteiger partial charge in [-0.05, 0) is 293 Å². The third kappa shape index (κ3) is 14.9. The predicted octanol–water partition coefficient (Wildman–Crippen LogP) is 31.6. The van der Waals surface area contributed by atoms with E-state index in [2.05, 4.69) is 409 Å². The first-order valence-electron chi connectivity index (χ1n) is 45.0. The molecule has 18 aromatic carbocycles. The van der Waals surface area contributed by atoms with Gasteiger partial charge < -0.3 is 28.4 Å². The number of thiophene rings is 2. The van der Waals surface area contributed by atoms with Crippen LogP contribution in [0.3, 0.4) is 0 Å². The van der Waals surface area contributed by atoms with Crippen molar-refractivity contribution in [3.63, 3.8) is 0 Å². The minimum absolute atomic E-state index is 0.0681. The molecule has 0 radical (unpaired) electrons. The van der Waals surface area contributed by atoms with E-state index in [0.717, 1.165) is 157 Å². The van der Waals surface area contributed by atoms with Crippen molar-refractivity contribution in [1.29, 1.82) is 0 Å². The van der Waals surface area contributed by atoms with Crippen molar-refractivity contribution in [3.05, 3.63) is 454 Å². The molecule has 0 amide bonds. The lowest BCUT2D eigenvalue weighted by molar-refractivity contribution is 0.611. The minimum Gasteiger partial charge on any atom is -0.436 e. The highest BCUT2D eigenvalue weighted by atomic mass is 32.1. The predicted molar refractivity (Wildman–Crippen MR) is 553 cm³/mol. The van der Waals surface area contributed by atoms with Crippen LogP contribution in [0.1, 0.15) is 18.1 Å².